The Morgan fingerprint density at radius 2 is 2.07 bits per heavy atom. The van der Waals surface area contributed by atoms with Crippen molar-refractivity contribution in [2.75, 3.05) is 11.1 Å². The van der Waals surface area contributed by atoms with Gasteiger partial charge in [0.1, 0.15) is 11.4 Å². The van der Waals surface area contributed by atoms with E-state index in [1.54, 1.807) is 16.9 Å². The number of nitrogens with zero attached hydrogens (tertiary/aromatic N) is 5. The summed E-state index contributed by atoms with van der Waals surface area (Å²) in [7, 11) is 0. The normalized spacial score (nSPS) is 11.7. The predicted octanol–water partition coefficient (Wildman–Crippen LogP) is 4.95. The number of amides is 1. The second kappa shape index (κ2) is 8.33. The molecule has 7 nitrogen and oxygen atoms in total. The third-order valence-corrected chi connectivity index (χ3v) is 6.35. The lowest BCUT2D eigenvalue weighted by atomic mass is 9.93. The molecular weight excluding hydrogens is 440 g/mol. The zero-order valence-electron chi connectivity index (χ0n) is 16.6. The maximum Gasteiger partial charge on any atom is 0.236 e. The molecule has 0 bridgehead atoms. The highest BCUT2D eigenvalue weighted by atomic mass is 35.5. The van der Waals surface area contributed by atoms with E-state index in [-0.39, 0.29) is 17.1 Å². The van der Waals surface area contributed by atoms with E-state index in [0.717, 1.165) is 16.8 Å². The van der Waals surface area contributed by atoms with E-state index in [9.17, 15) is 4.79 Å². The molecule has 0 aliphatic rings. The van der Waals surface area contributed by atoms with Gasteiger partial charge in [-0.15, -0.1) is 11.3 Å². The number of thiazole rings is 1. The van der Waals surface area contributed by atoms with Gasteiger partial charge in [-0.05, 0) is 12.1 Å². The van der Waals surface area contributed by atoms with Gasteiger partial charge < -0.3 is 5.32 Å². The molecule has 30 heavy (non-hydrogen) atoms. The number of carbonyl (C=O) groups excluding carboxylic acids is 1. The van der Waals surface area contributed by atoms with Crippen LogP contribution in [0.15, 0.2) is 47.2 Å². The summed E-state index contributed by atoms with van der Waals surface area (Å²) in [6, 6.07) is 7.42. The number of nitrogens with one attached hydrogen (secondary N) is 1. The topological polar surface area (TPSA) is 85.6 Å². The maximum absolute atomic E-state index is 12.4. The summed E-state index contributed by atoms with van der Waals surface area (Å²) >= 11 is 9.06. The largest absolute Gasteiger partial charge is 0.301 e. The molecule has 0 radical (unpaired) electrons. The first-order chi connectivity index (χ1) is 14.3. The second-order valence-electron chi connectivity index (χ2n) is 7.55. The summed E-state index contributed by atoms with van der Waals surface area (Å²) in [5.41, 5.74) is 2.28. The van der Waals surface area contributed by atoms with E-state index < -0.39 is 0 Å². The highest BCUT2D eigenvalue weighted by molar-refractivity contribution is 8.00. The van der Waals surface area contributed by atoms with Crippen molar-refractivity contribution >= 4 is 56.8 Å². The van der Waals surface area contributed by atoms with E-state index in [4.69, 9.17) is 11.6 Å². The molecule has 0 spiro atoms. The lowest BCUT2D eigenvalue weighted by Gasteiger charge is -2.14. The number of hydrogen-bond acceptors (Lipinski definition) is 7. The van der Waals surface area contributed by atoms with Crippen molar-refractivity contribution in [3.63, 3.8) is 0 Å². The van der Waals surface area contributed by atoms with Crippen LogP contribution in [-0.4, -0.2) is 36.4 Å². The number of anilines is 1. The molecule has 3 heterocycles. The molecule has 1 aromatic carbocycles. The van der Waals surface area contributed by atoms with E-state index in [0.29, 0.717) is 20.8 Å². The van der Waals surface area contributed by atoms with E-state index in [2.05, 4.69) is 46.1 Å². The Bertz CT molecular complexity index is 1210. The average Bonchev–Trinajstić information content (AvgIpc) is 3.34. The smallest absolute Gasteiger partial charge is 0.236 e. The first-order valence-electron chi connectivity index (χ1n) is 9.15. The van der Waals surface area contributed by atoms with Crippen LogP contribution >= 0.6 is 34.7 Å². The summed E-state index contributed by atoms with van der Waals surface area (Å²) in [5.74, 6) is 0.0634. The number of carbonyl (C=O) groups is 1. The first kappa shape index (κ1) is 20.8. The van der Waals surface area contributed by atoms with E-state index in [1.807, 2.05) is 23.6 Å². The van der Waals surface area contributed by atoms with Gasteiger partial charge in [0.05, 0.1) is 33.7 Å². The number of benzene rings is 1. The number of fused-ring (bicyclic) bond motifs is 1. The van der Waals surface area contributed by atoms with Gasteiger partial charge in [0.2, 0.25) is 5.91 Å². The minimum absolute atomic E-state index is 0.0530. The highest BCUT2D eigenvalue weighted by Crippen LogP contribution is 2.29. The molecule has 3 aromatic heterocycles. The van der Waals surface area contributed by atoms with E-state index in [1.165, 1.54) is 29.4 Å². The molecule has 0 aliphatic carbocycles. The number of halogens is 1. The zero-order chi connectivity index (χ0) is 21.3. The molecule has 10 heteroatoms. The SMILES string of the molecule is CC(C)(C)c1csc(NC(=O)CSc2ncnc3c2cnn3-c2ccccc2Cl)n1. The number of para-hydroxylation sites is 1. The number of aromatic nitrogens is 5. The predicted molar refractivity (Wildman–Crippen MR) is 122 cm³/mol. The van der Waals surface area contributed by atoms with Gasteiger partial charge >= 0.3 is 0 Å². The van der Waals surface area contributed by atoms with Crippen LogP contribution in [0.3, 0.4) is 0 Å². The fourth-order valence-corrected chi connectivity index (χ4v) is 4.63. The summed E-state index contributed by atoms with van der Waals surface area (Å²) in [6.07, 6.45) is 3.16. The van der Waals surface area contributed by atoms with Crippen LogP contribution < -0.4 is 5.32 Å². The van der Waals surface area contributed by atoms with Gasteiger partial charge in [0.25, 0.3) is 0 Å². The van der Waals surface area contributed by atoms with Crippen LogP contribution in [0.25, 0.3) is 16.7 Å². The fourth-order valence-electron chi connectivity index (χ4n) is 2.70. The Kier molecular flexibility index (Phi) is 5.77. The lowest BCUT2D eigenvalue weighted by Crippen LogP contribution is -2.15. The zero-order valence-corrected chi connectivity index (χ0v) is 19.0. The van der Waals surface area contributed by atoms with Crippen LogP contribution in [0.5, 0.6) is 0 Å². The summed E-state index contributed by atoms with van der Waals surface area (Å²) < 4.78 is 1.67. The van der Waals surface area contributed by atoms with Gasteiger partial charge in [0.15, 0.2) is 10.8 Å². The van der Waals surface area contributed by atoms with Gasteiger partial charge in [-0.1, -0.05) is 56.3 Å². The van der Waals surface area contributed by atoms with Crippen molar-refractivity contribution in [3.05, 3.63) is 52.9 Å². The standard InChI is InChI=1S/C20H19ClN6OS2/c1-20(2,3)15-9-30-19(25-15)26-16(28)10-29-18-12-8-24-27(17(12)22-11-23-18)14-7-5-4-6-13(14)21/h4-9,11H,10H2,1-3H3,(H,25,26,28). The summed E-state index contributed by atoms with van der Waals surface area (Å²) in [5, 5.41) is 11.9. The molecule has 1 N–H and O–H groups in total. The fraction of sp³-hybridized carbons (Fsp3) is 0.250. The molecule has 0 saturated carbocycles. The Labute approximate surface area is 186 Å². The van der Waals surface area contributed by atoms with Crippen LogP contribution in [0.1, 0.15) is 26.5 Å². The Hall–Kier alpha value is -2.49. The van der Waals surface area contributed by atoms with Crippen LogP contribution in [0.2, 0.25) is 5.02 Å². The molecule has 154 valence electrons. The van der Waals surface area contributed by atoms with Gasteiger partial charge in [-0.2, -0.15) is 5.10 Å². The first-order valence-corrected chi connectivity index (χ1v) is 11.4. The average molecular weight is 459 g/mol. The quantitative estimate of drug-likeness (QED) is 0.336. The highest BCUT2D eigenvalue weighted by Gasteiger charge is 2.19. The number of rotatable bonds is 5. The van der Waals surface area contributed by atoms with Crippen molar-refractivity contribution < 1.29 is 4.79 Å². The number of hydrogen-bond donors (Lipinski definition) is 1. The third kappa shape index (κ3) is 4.33. The van der Waals surface area contributed by atoms with Crippen molar-refractivity contribution in [1.82, 2.24) is 24.7 Å². The molecule has 0 atom stereocenters. The molecule has 0 unspecified atom stereocenters. The molecule has 0 aliphatic heterocycles. The van der Waals surface area contributed by atoms with Gasteiger partial charge in [-0.3, -0.25) is 4.79 Å². The maximum atomic E-state index is 12.4. The molecule has 0 saturated heterocycles. The monoisotopic (exact) mass is 458 g/mol. The van der Waals surface area contributed by atoms with Crippen molar-refractivity contribution in [3.8, 4) is 5.69 Å². The minimum atomic E-state index is -0.139. The van der Waals surface area contributed by atoms with Crippen LogP contribution in [-0.2, 0) is 10.2 Å². The van der Waals surface area contributed by atoms with Crippen molar-refractivity contribution in [2.24, 2.45) is 0 Å². The van der Waals surface area contributed by atoms with Gasteiger partial charge in [-0.25, -0.2) is 19.6 Å². The van der Waals surface area contributed by atoms with Crippen LogP contribution in [0, 0.1) is 0 Å². The molecule has 1 amide bonds. The Balaban J connectivity index is 1.49. The van der Waals surface area contributed by atoms with E-state index >= 15 is 0 Å². The summed E-state index contributed by atoms with van der Waals surface area (Å²) in [4.78, 5) is 25.6. The molecule has 0 fully saturated rings. The van der Waals surface area contributed by atoms with Crippen molar-refractivity contribution in [2.45, 2.75) is 31.2 Å². The molecule has 4 aromatic rings. The Morgan fingerprint density at radius 1 is 1.27 bits per heavy atom. The molecule has 4 rings (SSSR count). The Morgan fingerprint density at radius 3 is 2.80 bits per heavy atom. The minimum Gasteiger partial charge on any atom is -0.301 e. The van der Waals surface area contributed by atoms with Crippen LogP contribution in [0.4, 0.5) is 5.13 Å². The number of thioether (sulfide) groups is 1. The second-order valence-corrected chi connectivity index (χ2v) is 9.78. The lowest BCUT2D eigenvalue weighted by molar-refractivity contribution is -0.113. The molecular formula is C20H19ClN6OS2. The third-order valence-electron chi connectivity index (χ3n) is 4.27. The van der Waals surface area contributed by atoms with Gasteiger partial charge in [0, 0.05) is 10.8 Å². The summed E-state index contributed by atoms with van der Waals surface area (Å²) in [6.45, 7) is 6.27. The van der Waals surface area contributed by atoms with Crippen molar-refractivity contribution in [1.29, 1.82) is 0 Å².